The lowest BCUT2D eigenvalue weighted by atomic mass is 9.94. The van der Waals surface area contributed by atoms with Gasteiger partial charge in [0.15, 0.2) is 5.54 Å². The van der Waals surface area contributed by atoms with Gasteiger partial charge in [0.25, 0.3) is 0 Å². The lowest BCUT2D eigenvalue weighted by Crippen LogP contribution is -2.53. The molecule has 0 aliphatic rings. The predicted octanol–water partition coefficient (Wildman–Crippen LogP) is 2.76. The maximum atomic E-state index is 12.2. The second-order valence-corrected chi connectivity index (χ2v) is 4.74. The molecule has 0 aliphatic carbocycles. The molecule has 106 valence electrons. The topological polar surface area (TPSA) is 47.6 Å². The fraction of sp³-hybridized carbons (Fsp3) is 0.533. The van der Waals surface area contributed by atoms with Crippen molar-refractivity contribution in [3.8, 4) is 0 Å². The standard InChI is InChI=1S/C15H23NO3/c1-6-19-14(17)15(4,12(3)18-5)16-13-10-8-7-9-11(13)2/h7-10,12,16H,6H2,1-5H3. The predicted molar refractivity (Wildman–Crippen MR) is 76.3 cm³/mol. The Labute approximate surface area is 115 Å². The molecule has 0 aliphatic heterocycles. The lowest BCUT2D eigenvalue weighted by molar-refractivity contribution is -0.152. The number of benzene rings is 1. The van der Waals surface area contributed by atoms with E-state index < -0.39 is 5.54 Å². The highest BCUT2D eigenvalue weighted by Gasteiger charge is 2.41. The SMILES string of the molecule is CCOC(=O)C(C)(Nc1ccccc1C)C(C)OC. The number of aryl methyl sites for hydroxylation is 1. The fourth-order valence-electron chi connectivity index (χ4n) is 1.83. The van der Waals surface area contributed by atoms with E-state index in [1.54, 1.807) is 21.0 Å². The van der Waals surface area contributed by atoms with Crippen molar-refractivity contribution in [2.45, 2.75) is 39.3 Å². The summed E-state index contributed by atoms with van der Waals surface area (Å²) in [6.07, 6.45) is -0.314. The number of hydrogen-bond acceptors (Lipinski definition) is 4. The minimum atomic E-state index is -0.920. The first-order valence-corrected chi connectivity index (χ1v) is 6.49. The number of methoxy groups -OCH3 is 1. The van der Waals surface area contributed by atoms with Crippen molar-refractivity contribution < 1.29 is 14.3 Å². The van der Waals surface area contributed by atoms with Crippen LogP contribution in [-0.2, 0) is 14.3 Å². The molecule has 1 N–H and O–H groups in total. The number of hydrogen-bond donors (Lipinski definition) is 1. The van der Waals surface area contributed by atoms with E-state index in [-0.39, 0.29) is 12.1 Å². The number of carbonyl (C=O) groups excluding carboxylic acids is 1. The van der Waals surface area contributed by atoms with Gasteiger partial charge in [-0.1, -0.05) is 18.2 Å². The zero-order chi connectivity index (χ0) is 14.5. The zero-order valence-corrected chi connectivity index (χ0v) is 12.3. The van der Waals surface area contributed by atoms with E-state index >= 15 is 0 Å². The molecular weight excluding hydrogens is 242 g/mol. The quantitative estimate of drug-likeness (QED) is 0.803. The molecule has 4 nitrogen and oxygen atoms in total. The second-order valence-electron chi connectivity index (χ2n) is 4.74. The molecule has 0 saturated heterocycles. The highest BCUT2D eigenvalue weighted by atomic mass is 16.5. The average molecular weight is 265 g/mol. The number of ether oxygens (including phenoxy) is 2. The fourth-order valence-corrected chi connectivity index (χ4v) is 1.83. The molecule has 0 saturated carbocycles. The van der Waals surface area contributed by atoms with Crippen LogP contribution >= 0.6 is 0 Å². The third-order valence-corrected chi connectivity index (χ3v) is 3.41. The normalized spacial score (nSPS) is 15.4. The summed E-state index contributed by atoms with van der Waals surface area (Å²) in [5, 5.41) is 3.26. The van der Waals surface area contributed by atoms with Gasteiger partial charge in [0, 0.05) is 12.8 Å². The van der Waals surface area contributed by atoms with Gasteiger partial charge in [0.05, 0.1) is 12.7 Å². The van der Waals surface area contributed by atoms with E-state index in [9.17, 15) is 4.79 Å². The molecule has 4 heteroatoms. The van der Waals surface area contributed by atoms with E-state index in [0.717, 1.165) is 11.3 Å². The summed E-state index contributed by atoms with van der Waals surface area (Å²) >= 11 is 0. The molecule has 19 heavy (non-hydrogen) atoms. The second kappa shape index (κ2) is 6.57. The highest BCUT2D eigenvalue weighted by Crippen LogP contribution is 2.24. The van der Waals surface area contributed by atoms with Crippen LogP contribution in [0.2, 0.25) is 0 Å². The Morgan fingerprint density at radius 1 is 1.42 bits per heavy atom. The Bertz CT molecular complexity index is 433. The molecule has 0 spiro atoms. The Balaban J connectivity index is 3.05. The van der Waals surface area contributed by atoms with Crippen LogP contribution < -0.4 is 5.32 Å². The van der Waals surface area contributed by atoms with Gasteiger partial charge in [-0.25, -0.2) is 4.79 Å². The minimum absolute atomic E-state index is 0.312. The molecule has 0 aromatic heterocycles. The van der Waals surface area contributed by atoms with Crippen LogP contribution in [0.1, 0.15) is 26.3 Å². The molecule has 1 rings (SSSR count). The summed E-state index contributed by atoms with van der Waals surface area (Å²) in [5.74, 6) is -0.312. The maximum absolute atomic E-state index is 12.2. The van der Waals surface area contributed by atoms with E-state index in [0.29, 0.717) is 6.61 Å². The van der Waals surface area contributed by atoms with Gasteiger partial charge in [-0.15, -0.1) is 0 Å². The molecule has 0 fully saturated rings. The smallest absolute Gasteiger partial charge is 0.334 e. The molecule has 1 aromatic rings. The maximum Gasteiger partial charge on any atom is 0.334 e. The first-order valence-electron chi connectivity index (χ1n) is 6.49. The van der Waals surface area contributed by atoms with Crippen LogP contribution in [0.25, 0.3) is 0 Å². The van der Waals surface area contributed by atoms with Gasteiger partial charge in [0.1, 0.15) is 0 Å². The van der Waals surface area contributed by atoms with Crippen LogP contribution in [-0.4, -0.2) is 31.3 Å². The minimum Gasteiger partial charge on any atom is -0.464 e. The van der Waals surface area contributed by atoms with Crippen LogP contribution in [0.5, 0.6) is 0 Å². The molecule has 0 amide bonds. The summed E-state index contributed by atoms with van der Waals surface area (Å²) in [6.45, 7) is 7.78. The van der Waals surface area contributed by atoms with E-state index in [2.05, 4.69) is 5.32 Å². The Hall–Kier alpha value is -1.55. The molecule has 0 heterocycles. The largest absolute Gasteiger partial charge is 0.464 e. The van der Waals surface area contributed by atoms with E-state index in [1.165, 1.54) is 0 Å². The highest BCUT2D eigenvalue weighted by molar-refractivity contribution is 5.85. The molecule has 2 unspecified atom stereocenters. The van der Waals surface area contributed by atoms with Crippen LogP contribution in [0.15, 0.2) is 24.3 Å². The van der Waals surface area contributed by atoms with Crippen molar-refractivity contribution in [3.05, 3.63) is 29.8 Å². The summed E-state index contributed by atoms with van der Waals surface area (Å²) in [7, 11) is 1.58. The molecular formula is C15H23NO3. The van der Waals surface area contributed by atoms with Gasteiger partial charge >= 0.3 is 5.97 Å². The van der Waals surface area contributed by atoms with Gasteiger partial charge in [-0.2, -0.15) is 0 Å². The van der Waals surface area contributed by atoms with Crippen molar-refractivity contribution in [1.82, 2.24) is 0 Å². The van der Waals surface area contributed by atoms with Gasteiger partial charge < -0.3 is 14.8 Å². The van der Waals surface area contributed by atoms with Crippen molar-refractivity contribution in [1.29, 1.82) is 0 Å². The third-order valence-electron chi connectivity index (χ3n) is 3.41. The first kappa shape index (κ1) is 15.5. The van der Waals surface area contributed by atoms with Crippen molar-refractivity contribution in [3.63, 3.8) is 0 Å². The van der Waals surface area contributed by atoms with Crippen LogP contribution in [0.3, 0.4) is 0 Å². The van der Waals surface area contributed by atoms with Crippen LogP contribution in [0, 0.1) is 6.92 Å². The summed E-state index contributed by atoms with van der Waals surface area (Å²) in [4.78, 5) is 12.2. The molecule has 0 radical (unpaired) electrons. The lowest BCUT2D eigenvalue weighted by Gasteiger charge is -2.34. The molecule has 2 atom stereocenters. The van der Waals surface area contributed by atoms with Gasteiger partial charge in [0.2, 0.25) is 0 Å². The Morgan fingerprint density at radius 3 is 2.58 bits per heavy atom. The molecule has 1 aromatic carbocycles. The number of nitrogens with one attached hydrogen (secondary N) is 1. The van der Waals surface area contributed by atoms with Crippen molar-refractivity contribution in [2.24, 2.45) is 0 Å². The number of rotatable bonds is 6. The number of carbonyl (C=O) groups is 1. The van der Waals surface area contributed by atoms with Gasteiger partial charge in [-0.05, 0) is 39.3 Å². The summed E-state index contributed by atoms with van der Waals surface area (Å²) < 4.78 is 10.5. The zero-order valence-electron chi connectivity index (χ0n) is 12.3. The average Bonchev–Trinajstić information content (AvgIpc) is 2.40. The summed E-state index contributed by atoms with van der Waals surface area (Å²) in [5.41, 5.74) is 1.06. The molecule has 0 bridgehead atoms. The number of para-hydroxylation sites is 1. The van der Waals surface area contributed by atoms with Crippen molar-refractivity contribution in [2.75, 3.05) is 19.0 Å². The third kappa shape index (κ3) is 3.47. The monoisotopic (exact) mass is 265 g/mol. The van der Waals surface area contributed by atoms with E-state index in [1.807, 2.05) is 38.1 Å². The number of esters is 1. The Morgan fingerprint density at radius 2 is 2.05 bits per heavy atom. The Kier molecular flexibility index (Phi) is 5.36. The van der Waals surface area contributed by atoms with Crippen LogP contribution in [0.4, 0.5) is 5.69 Å². The van der Waals surface area contributed by atoms with Crippen molar-refractivity contribution >= 4 is 11.7 Å². The summed E-state index contributed by atoms with van der Waals surface area (Å²) in [6, 6.07) is 7.82. The van der Waals surface area contributed by atoms with E-state index in [4.69, 9.17) is 9.47 Å². The number of anilines is 1. The van der Waals surface area contributed by atoms with Gasteiger partial charge in [-0.3, -0.25) is 0 Å². The first-order chi connectivity index (χ1) is 8.95.